The largest absolute Gasteiger partial charge is 0.372 e. The van der Waals surface area contributed by atoms with Gasteiger partial charge in [0, 0.05) is 24.2 Å². The maximum Gasteiger partial charge on any atom is 0.267 e. The topological polar surface area (TPSA) is 54.5 Å². The summed E-state index contributed by atoms with van der Waals surface area (Å²) in [5.74, 6) is -0.627. The second-order valence-electron chi connectivity index (χ2n) is 8.06. The monoisotopic (exact) mass is 391 g/mol. The minimum absolute atomic E-state index is 0.0517. The zero-order valence-corrected chi connectivity index (χ0v) is 17.2. The summed E-state index contributed by atoms with van der Waals surface area (Å²) in [6.45, 7) is 11.4. The summed E-state index contributed by atoms with van der Waals surface area (Å²) >= 11 is 1.36. The highest BCUT2D eigenvalue weighted by atomic mass is 32.1. The van der Waals surface area contributed by atoms with Crippen LogP contribution in [-0.4, -0.2) is 36.2 Å². The van der Waals surface area contributed by atoms with Crippen LogP contribution in [0, 0.1) is 5.82 Å². The third kappa shape index (κ3) is 4.65. The molecule has 1 aromatic carbocycles. The van der Waals surface area contributed by atoms with Crippen LogP contribution < -0.4 is 10.2 Å². The van der Waals surface area contributed by atoms with Crippen molar-refractivity contribution in [1.29, 1.82) is 0 Å². The molecule has 5 nitrogen and oxygen atoms in total. The van der Waals surface area contributed by atoms with E-state index in [0.717, 1.165) is 5.01 Å². The Morgan fingerprint density at radius 1 is 1.30 bits per heavy atom. The highest BCUT2D eigenvalue weighted by Gasteiger charge is 2.25. The van der Waals surface area contributed by atoms with Crippen LogP contribution >= 0.6 is 11.3 Å². The first-order valence-electron chi connectivity index (χ1n) is 9.11. The number of carbonyl (C=O) groups is 1. The molecule has 1 aliphatic heterocycles. The van der Waals surface area contributed by atoms with E-state index in [4.69, 9.17) is 4.74 Å². The number of thiazole rings is 1. The van der Waals surface area contributed by atoms with E-state index >= 15 is 0 Å². The Labute approximate surface area is 163 Å². The summed E-state index contributed by atoms with van der Waals surface area (Å²) in [4.78, 5) is 19.3. The van der Waals surface area contributed by atoms with Crippen LogP contribution in [0.4, 0.5) is 15.8 Å². The van der Waals surface area contributed by atoms with Crippen LogP contribution in [0.15, 0.2) is 24.4 Å². The Hall–Kier alpha value is -1.99. The molecule has 146 valence electrons. The van der Waals surface area contributed by atoms with Crippen LogP contribution in [0.3, 0.4) is 0 Å². The molecule has 2 atom stereocenters. The average Bonchev–Trinajstić information content (AvgIpc) is 3.04. The number of benzene rings is 1. The van der Waals surface area contributed by atoms with Crippen LogP contribution in [-0.2, 0) is 10.2 Å². The summed E-state index contributed by atoms with van der Waals surface area (Å²) in [6.07, 6.45) is 1.67. The second-order valence-corrected chi connectivity index (χ2v) is 9.09. The van der Waals surface area contributed by atoms with Gasteiger partial charge >= 0.3 is 0 Å². The first kappa shape index (κ1) is 19.8. The summed E-state index contributed by atoms with van der Waals surface area (Å²) < 4.78 is 20.4. The molecule has 1 aromatic heterocycles. The van der Waals surface area contributed by atoms with Gasteiger partial charge in [0.15, 0.2) is 0 Å². The van der Waals surface area contributed by atoms with Crippen molar-refractivity contribution in [3.63, 3.8) is 0 Å². The van der Waals surface area contributed by atoms with Gasteiger partial charge in [0.2, 0.25) is 0 Å². The molecular weight excluding hydrogens is 365 g/mol. The minimum atomic E-state index is -0.353. The molecule has 7 heteroatoms. The first-order valence-corrected chi connectivity index (χ1v) is 9.93. The van der Waals surface area contributed by atoms with Crippen LogP contribution in [0.1, 0.15) is 49.3 Å². The summed E-state index contributed by atoms with van der Waals surface area (Å²) in [7, 11) is 0. The standard InChI is InChI=1S/C20H26FN3O2S/c1-12-10-24(11-13(2)26-12)16-7-6-14(8-15(16)21)23-18(25)17-9-22-19(27-17)20(3,4)5/h6-9,12-13H,10-11H2,1-5H3,(H,23,25). The van der Waals surface area contributed by atoms with E-state index < -0.39 is 0 Å². The Bertz CT molecular complexity index is 821. The lowest BCUT2D eigenvalue weighted by atomic mass is 9.98. The zero-order valence-electron chi connectivity index (χ0n) is 16.4. The molecule has 0 aliphatic carbocycles. The number of hydrogen-bond donors (Lipinski definition) is 1. The smallest absolute Gasteiger partial charge is 0.267 e. The SMILES string of the molecule is CC1CN(c2ccc(NC(=O)c3cnc(C(C)(C)C)s3)cc2F)CC(C)O1. The molecule has 1 aliphatic rings. The van der Waals surface area contributed by atoms with Gasteiger partial charge in [0.1, 0.15) is 10.7 Å². The number of nitrogens with one attached hydrogen (secondary N) is 1. The van der Waals surface area contributed by atoms with Gasteiger partial charge in [-0.05, 0) is 32.0 Å². The van der Waals surface area contributed by atoms with Crippen molar-refractivity contribution in [2.75, 3.05) is 23.3 Å². The van der Waals surface area contributed by atoms with Crippen molar-refractivity contribution in [2.24, 2.45) is 0 Å². The third-order valence-corrected chi connectivity index (χ3v) is 5.76. The number of halogens is 1. The number of aromatic nitrogens is 1. The number of amides is 1. The number of morpholine rings is 1. The maximum absolute atomic E-state index is 14.7. The number of ether oxygens (including phenoxy) is 1. The van der Waals surface area contributed by atoms with Crippen molar-refractivity contribution >= 4 is 28.6 Å². The first-order chi connectivity index (χ1) is 12.6. The van der Waals surface area contributed by atoms with Gasteiger partial charge in [-0.1, -0.05) is 20.8 Å². The van der Waals surface area contributed by atoms with E-state index in [0.29, 0.717) is 29.3 Å². The Kier molecular flexibility index (Phi) is 5.53. The molecule has 2 heterocycles. The number of rotatable bonds is 3. The van der Waals surface area contributed by atoms with Crippen LogP contribution in [0.5, 0.6) is 0 Å². The van der Waals surface area contributed by atoms with Crippen molar-refractivity contribution in [3.8, 4) is 0 Å². The quantitative estimate of drug-likeness (QED) is 0.840. The Morgan fingerprint density at radius 3 is 2.52 bits per heavy atom. The number of hydrogen-bond acceptors (Lipinski definition) is 5. The highest BCUT2D eigenvalue weighted by Crippen LogP contribution is 2.29. The molecule has 1 amide bonds. The van der Waals surface area contributed by atoms with Crippen LogP contribution in [0.25, 0.3) is 0 Å². The molecule has 0 bridgehead atoms. The highest BCUT2D eigenvalue weighted by molar-refractivity contribution is 7.13. The average molecular weight is 392 g/mol. The van der Waals surface area contributed by atoms with E-state index in [1.807, 2.05) is 18.7 Å². The van der Waals surface area contributed by atoms with Gasteiger partial charge in [-0.15, -0.1) is 11.3 Å². The van der Waals surface area contributed by atoms with Gasteiger partial charge in [0.25, 0.3) is 5.91 Å². The molecule has 2 aromatic rings. The maximum atomic E-state index is 14.7. The fraction of sp³-hybridized carbons (Fsp3) is 0.500. The van der Waals surface area contributed by atoms with E-state index in [2.05, 4.69) is 31.1 Å². The summed E-state index contributed by atoms with van der Waals surface area (Å²) in [5, 5.41) is 3.65. The molecule has 2 unspecified atom stereocenters. The fourth-order valence-electron chi connectivity index (χ4n) is 3.13. The molecule has 1 N–H and O–H groups in total. The summed E-state index contributed by atoms with van der Waals surface area (Å²) in [6, 6.07) is 4.81. The fourth-order valence-corrected chi connectivity index (χ4v) is 4.00. The van der Waals surface area contributed by atoms with E-state index in [1.165, 1.54) is 17.4 Å². The van der Waals surface area contributed by atoms with Crippen molar-refractivity contribution in [1.82, 2.24) is 4.98 Å². The predicted octanol–water partition coefficient (Wildman–Crippen LogP) is 4.45. The summed E-state index contributed by atoms with van der Waals surface area (Å²) in [5.41, 5.74) is 0.854. The number of nitrogens with zero attached hydrogens (tertiary/aromatic N) is 2. The molecule has 1 saturated heterocycles. The molecule has 0 spiro atoms. The Balaban J connectivity index is 1.72. The van der Waals surface area contributed by atoms with Crippen molar-refractivity contribution in [2.45, 2.75) is 52.2 Å². The van der Waals surface area contributed by atoms with E-state index in [-0.39, 0.29) is 29.3 Å². The lowest BCUT2D eigenvalue weighted by Crippen LogP contribution is -2.45. The second kappa shape index (κ2) is 7.56. The number of anilines is 2. The lowest BCUT2D eigenvalue weighted by molar-refractivity contribution is -0.00539. The Morgan fingerprint density at radius 2 is 1.96 bits per heavy atom. The van der Waals surface area contributed by atoms with Gasteiger partial charge in [-0.3, -0.25) is 4.79 Å². The third-order valence-electron chi connectivity index (χ3n) is 4.34. The predicted molar refractivity (Wildman–Crippen MR) is 107 cm³/mol. The molecule has 1 fully saturated rings. The molecule has 0 saturated carbocycles. The van der Waals surface area contributed by atoms with Gasteiger partial charge in [-0.2, -0.15) is 0 Å². The van der Waals surface area contributed by atoms with Crippen LogP contribution in [0.2, 0.25) is 0 Å². The normalized spacial score (nSPS) is 20.6. The number of carbonyl (C=O) groups excluding carboxylic acids is 1. The molecule has 27 heavy (non-hydrogen) atoms. The molecule has 3 rings (SSSR count). The lowest BCUT2D eigenvalue weighted by Gasteiger charge is -2.37. The van der Waals surface area contributed by atoms with Gasteiger partial charge < -0.3 is 15.0 Å². The van der Waals surface area contributed by atoms with Crippen molar-refractivity contribution in [3.05, 3.63) is 40.1 Å². The van der Waals surface area contributed by atoms with E-state index in [1.54, 1.807) is 18.3 Å². The zero-order chi connectivity index (χ0) is 19.8. The van der Waals surface area contributed by atoms with Gasteiger partial charge in [-0.25, -0.2) is 9.37 Å². The van der Waals surface area contributed by atoms with Crippen molar-refractivity contribution < 1.29 is 13.9 Å². The molecular formula is C20H26FN3O2S. The van der Waals surface area contributed by atoms with E-state index in [9.17, 15) is 9.18 Å². The molecule has 0 radical (unpaired) electrons. The minimum Gasteiger partial charge on any atom is -0.372 e. The van der Waals surface area contributed by atoms with Gasteiger partial charge in [0.05, 0.1) is 29.1 Å².